The summed E-state index contributed by atoms with van der Waals surface area (Å²) in [5.41, 5.74) is 1.98. The van der Waals surface area contributed by atoms with Crippen molar-refractivity contribution in [3.63, 3.8) is 0 Å². The summed E-state index contributed by atoms with van der Waals surface area (Å²) >= 11 is 12.2. The zero-order valence-corrected chi connectivity index (χ0v) is 15.3. The second-order valence-corrected chi connectivity index (χ2v) is 6.51. The lowest BCUT2D eigenvalue weighted by Crippen LogP contribution is -2.31. The van der Waals surface area contributed by atoms with E-state index in [1.165, 1.54) is 0 Å². The number of hydrogen-bond donors (Lipinski definition) is 0. The maximum absolute atomic E-state index is 12.6. The van der Waals surface area contributed by atoms with Crippen LogP contribution in [0.4, 0.5) is 0 Å². The third kappa shape index (κ3) is 4.28. The maximum atomic E-state index is 12.6. The highest BCUT2D eigenvalue weighted by atomic mass is 35.5. The van der Waals surface area contributed by atoms with Gasteiger partial charge in [-0.3, -0.25) is 4.99 Å². The summed E-state index contributed by atoms with van der Waals surface area (Å²) in [6.45, 7) is 3.40. The van der Waals surface area contributed by atoms with Gasteiger partial charge in [0.1, 0.15) is 12.9 Å². The zero-order chi connectivity index (χ0) is 18.6. The monoisotopic (exact) mass is 378 g/mol. The molecule has 2 atom stereocenters. The van der Waals surface area contributed by atoms with E-state index in [0.717, 1.165) is 6.29 Å². The minimum Gasteiger partial charge on any atom is -0.461 e. The molecule has 0 radical (unpaired) electrons. The number of hydrogen-bond acceptors (Lipinski definition) is 5. The van der Waals surface area contributed by atoms with E-state index in [1.807, 2.05) is 6.07 Å². The SMILES string of the molecule is CC1=NC(C)=C(C(=O)OCCC#N)C(c2cc(Cl)cc(Cl)c2)C1C=O. The zero-order valence-electron chi connectivity index (χ0n) is 13.8. The lowest BCUT2D eigenvalue weighted by atomic mass is 9.76. The number of esters is 1. The fourth-order valence-electron chi connectivity index (χ4n) is 2.89. The number of ether oxygens (including phenoxy) is 1. The van der Waals surface area contributed by atoms with Crippen LogP contribution in [0.1, 0.15) is 31.7 Å². The summed E-state index contributed by atoms with van der Waals surface area (Å²) in [5.74, 6) is -1.82. The van der Waals surface area contributed by atoms with Crippen LogP contribution in [0.3, 0.4) is 0 Å². The number of allylic oxidation sites excluding steroid dienone is 1. The molecule has 0 bridgehead atoms. The van der Waals surface area contributed by atoms with E-state index in [0.29, 0.717) is 27.0 Å². The van der Waals surface area contributed by atoms with E-state index < -0.39 is 17.8 Å². The Morgan fingerprint density at radius 1 is 1.32 bits per heavy atom. The van der Waals surface area contributed by atoms with Gasteiger partial charge in [0.2, 0.25) is 0 Å². The Kier molecular flexibility index (Phi) is 6.35. The number of aldehydes is 1. The Balaban J connectivity index is 2.53. The Bertz CT molecular complexity index is 789. The first-order chi connectivity index (χ1) is 11.9. The number of halogens is 2. The van der Waals surface area contributed by atoms with Crippen molar-refractivity contribution in [1.29, 1.82) is 5.26 Å². The highest BCUT2D eigenvalue weighted by molar-refractivity contribution is 6.34. The Morgan fingerprint density at radius 2 is 1.96 bits per heavy atom. The molecule has 1 aromatic rings. The number of nitriles is 1. The van der Waals surface area contributed by atoms with Gasteiger partial charge in [-0.05, 0) is 37.6 Å². The molecule has 0 spiro atoms. The molecular weight excluding hydrogens is 363 g/mol. The summed E-state index contributed by atoms with van der Waals surface area (Å²) in [6.07, 6.45) is 0.846. The number of rotatable bonds is 5. The highest BCUT2D eigenvalue weighted by Crippen LogP contribution is 2.40. The quantitative estimate of drug-likeness (QED) is 0.438. The van der Waals surface area contributed by atoms with Gasteiger partial charge >= 0.3 is 5.97 Å². The maximum Gasteiger partial charge on any atom is 0.336 e. The fourth-order valence-corrected chi connectivity index (χ4v) is 3.44. The van der Waals surface area contributed by atoms with Gasteiger partial charge in [-0.2, -0.15) is 5.26 Å². The molecule has 0 N–H and O–H groups in total. The predicted octanol–water partition coefficient (Wildman–Crippen LogP) is 4.10. The third-order valence-electron chi connectivity index (χ3n) is 3.94. The van der Waals surface area contributed by atoms with E-state index in [2.05, 4.69) is 4.99 Å². The predicted molar refractivity (Wildman–Crippen MR) is 95.8 cm³/mol. The highest BCUT2D eigenvalue weighted by Gasteiger charge is 2.37. The van der Waals surface area contributed by atoms with Crippen molar-refractivity contribution in [2.75, 3.05) is 6.61 Å². The van der Waals surface area contributed by atoms with Crippen molar-refractivity contribution in [1.82, 2.24) is 0 Å². The van der Waals surface area contributed by atoms with Crippen LogP contribution in [0.25, 0.3) is 0 Å². The van der Waals surface area contributed by atoms with E-state index >= 15 is 0 Å². The van der Waals surface area contributed by atoms with Gasteiger partial charge in [-0.1, -0.05) is 23.2 Å². The first kappa shape index (κ1) is 19.2. The first-order valence-corrected chi connectivity index (χ1v) is 8.36. The van der Waals surface area contributed by atoms with Gasteiger partial charge < -0.3 is 9.53 Å². The summed E-state index contributed by atoms with van der Waals surface area (Å²) in [7, 11) is 0. The first-order valence-electron chi connectivity index (χ1n) is 7.60. The minimum absolute atomic E-state index is 0.0242. The Labute approximate surface area is 155 Å². The number of carbonyl (C=O) groups is 2. The van der Waals surface area contributed by atoms with Crippen LogP contribution < -0.4 is 0 Å². The average Bonchev–Trinajstić information content (AvgIpc) is 2.53. The largest absolute Gasteiger partial charge is 0.461 e. The molecular formula is C18H16Cl2N2O3. The molecule has 2 rings (SSSR count). The summed E-state index contributed by atoms with van der Waals surface area (Å²) in [4.78, 5) is 28.6. The fraction of sp³-hybridized carbons (Fsp3) is 0.333. The molecule has 2 unspecified atom stereocenters. The van der Waals surface area contributed by atoms with Crippen molar-refractivity contribution in [2.45, 2.75) is 26.2 Å². The summed E-state index contributed by atoms with van der Waals surface area (Å²) < 4.78 is 5.16. The number of benzene rings is 1. The Hall–Kier alpha value is -2.16. The van der Waals surface area contributed by atoms with Crippen molar-refractivity contribution in [3.05, 3.63) is 45.1 Å². The van der Waals surface area contributed by atoms with Crippen molar-refractivity contribution >= 4 is 41.2 Å². The summed E-state index contributed by atoms with van der Waals surface area (Å²) in [6, 6.07) is 6.83. The van der Waals surface area contributed by atoms with Crippen molar-refractivity contribution in [2.24, 2.45) is 10.9 Å². The average molecular weight is 379 g/mol. The minimum atomic E-state index is -0.628. The van der Waals surface area contributed by atoms with E-state index in [4.69, 9.17) is 33.2 Å². The van der Waals surface area contributed by atoms with Gasteiger partial charge in [0.15, 0.2) is 0 Å². The molecule has 1 aliphatic rings. The molecule has 1 aromatic carbocycles. The van der Waals surface area contributed by atoms with E-state index in [-0.39, 0.29) is 18.6 Å². The second-order valence-electron chi connectivity index (χ2n) is 5.64. The molecule has 0 amide bonds. The molecule has 5 nitrogen and oxygen atoms in total. The van der Waals surface area contributed by atoms with Gasteiger partial charge in [0, 0.05) is 27.4 Å². The van der Waals surface area contributed by atoms with Crippen LogP contribution in [0.5, 0.6) is 0 Å². The summed E-state index contributed by atoms with van der Waals surface area (Å²) in [5, 5.41) is 9.41. The van der Waals surface area contributed by atoms with Crippen LogP contribution in [0.15, 0.2) is 34.5 Å². The van der Waals surface area contributed by atoms with E-state index in [1.54, 1.807) is 32.0 Å². The molecule has 1 heterocycles. The third-order valence-corrected chi connectivity index (χ3v) is 4.38. The van der Waals surface area contributed by atoms with Crippen LogP contribution >= 0.6 is 23.2 Å². The van der Waals surface area contributed by atoms with Gasteiger partial charge in [-0.25, -0.2) is 4.79 Å². The van der Waals surface area contributed by atoms with Crippen molar-refractivity contribution in [3.8, 4) is 6.07 Å². The molecule has 130 valence electrons. The molecule has 0 saturated carbocycles. The smallest absolute Gasteiger partial charge is 0.336 e. The van der Waals surface area contributed by atoms with Gasteiger partial charge in [0.05, 0.1) is 24.0 Å². The number of aliphatic imine (C=N–C) groups is 1. The Morgan fingerprint density at radius 3 is 2.52 bits per heavy atom. The van der Waals surface area contributed by atoms with E-state index in [9.17, 15) is 9.59 Å². The number of nitrogens with zero attached hydrogens (tertiary/aromatic N) is 2. The lowest BCUT2D eigenvalue weighted by Gasteiger charge is -2.30. The molecule has 0 aliphatic carbocycles. The molecule has 25 heavy (non-hydrogen) atoms. The van der Waals surface area contributed by atoms with Crippen LogP contribution in [-0.4, -0.2) is 24.6 Å². The topological polar surface area (TPSA) is 79.5 Å². The molecule has 0 saturated heterocycles. The van der Waals surface area contributed by atoms with Gasteiger partial charge in [0.25, 0.3) is 0 Å². The number of carbonyl (C=O) groups excluding carboxylic acids is 2. The van der Waals surface area contributed by atoms with Crippen LogP contribution in [0, 0.1) is 17.2 Å². The van der Waals surface area contributed by atoms with Crippen LogP contribution in [0.2, 0.25) is 10.0 Å². The van der Waals surface area contributed by atoms with Crippen LogP contribution in [-0.2, 0) is 14.3 Å². The second kappa shape index (κ2) is 8.28. The molecule has 0 aromatic heterocycles. The standard InChI is InChI=1S/C18H16Cl2N2O3/c1-10-15(9-23)17(12-6-13(19)8-14(20)7-12)16(11(2)22-10)18(24)25-5-3-4-21/h6-9,15,17H,3,5H2,1-2H3. The lowest BCUT2D eigenvalue weighted by molar-refractivity contribution is -0.139. The van der Waals surface area contributed by atoms with Gasteiger partial charge in [-0.15, -0.1) is 0 Å². The van der Waals surface area contributed by atoms with Crippen molar-refractivity contribution < 1.29 is 14.3 Å². The molecule has 7 heteroatoms. The molecule has 0 fully saturated rings. The normalized spacial score (nSPS) is 19.9. The molecule has 1 aliphatic heterocycles.